The van der Waals surface area contributed by atoms with Gasteiger partial charge in [-0.25, -0.2) is 4.39 Å². The number of anilines is 1. The molecular formula is C24H21FN2. The molecule has 0 bridgehead atoms. The van der Waals surface area contributed by atoms with Crippen LogP contribution in [0.4, 0.5) is 10.1 Å². The maximum absolute atomic E-state index is 14.1. The molecule has 3 aromatic carbocycles. The van der Waals surface area contributed by atoms with Crippen LogP contribution in [-0.2, 0) is 5.41 Å². The number of halogens is 1. The minimum atomic E-state index is -0.301. The monoisotopic (exact) mass is 356 g/mol. The van der Waals surface area contributed by atoms with Crippen molar-refractivity contribution in [2.45, 2.75) is 12.3 Å². The van der Waals surface area contributed by atoms with Crippen molar-refractivity contribution in [1.82, 2.24) is 4.98 Å². The summed E-state index contributed by atoms with van der Waals surface area (Å²) in [6.45, 7) is 2.91. The van der Waals surface area contributed by atoms with Crippen molar-refractivity contribution in [2.75, 3.05) is 11.9 Å². The molecular weight excluding hydrogens is 335 g/mol. The van der Waals surface area contributed by atoms with E-state index in [0.29, 0.717) is 12.1 Å². The van der Waals surface area contributed by atoms with Gasteiger partial charge in [0.15, 0.2) is 0 Å². The Hall–Kier alpha value is -3.20. The summed E-state index contributed by atoms with van der Waals surface area (Å²) >= 11 is 0. The Morgan fingerprint density at radius 2 is 1.44 bits per heavy atom. The first-order chi connectivity index (χ1) is 13.2. The minimum Gasteiger partial charge on any atom is -0.383 e. The van der Waals surface area contributed by atoms with Crippen molar-refractivity contribution < 1.29 is 4.39 Å². The number of rotatable bonds is 5. The van der Waals surface area contributed by atoms with E-state index in [0.717, 1.165) is 11.1 Å². The second-order valence-electron chi connectivity index (χ2n) is 6.91. The Labute approximate surface area is 158 Å². The molecule has 0 spiro atoms. The number of hydrogen-bond acceptors (Lipinski definition) is 2. The lowest BCUT2D eigenvalue weighted by Gasteiger charge is -2.32. The van der Waals surface area contributed by atoms with Gasteiger partial charge in [0.1, 0.15) is 11.3 Å². The summed E-state index contributed by atoms with van der Waals surface area (Å²) < 4.78 is 14.1. The molecule has 0 unspecified atom stereocenters. The molecule has 1 heterocycles. The summed E-state index contributed by atoms with van der Waals surface area (Å²) in [6.07, 6.45) is 1.65. The fraction of sp³-hybridized carbons (Fsp3) is 0.125. The van der Waals surface area contributed by atoms with Gasteiger partial charge in [0, 0.05) is 29.2 Å². The summed E-state index contributed by atoms with van der Waals surface area (Å²) in [4.78, 5) is 4.19. The van der Waals surface area contributed by atoms with Crippen LogP contribution >= 0.6 is 0 Å². The van der Waals surface area contributed by atoms with Crippen LogP contribution < -0.4 is 5.32 Å². The Kier molecular flexibility index (Phi) is 4.59. The second kappa shape index (κ2) is 7.20. The molecule has 0 radical (unpaired) electrons. The van der Waals surface area contributed by atoms with Crippen molar-refractivity contribution in [3.8, 4) is 0 Å². The number of para-hydroxylation sites is 1. The van der Waals surface area contributed by atoms with Crippen LogP contribution in [-0.4, -0.2) is 11.5 Å². The molecule has 4 rings (SSSR count). The number of hydrogen-bond donors (Lipinski definition) is 1. The maximum Gasteiger partial charge on any atom is 0.149 e. The van der Waals surface area contributed by atoms with Gasteiger partial charge >= 0.3 is 0 Å². The summed E-state index contributed by atoms with van der Waals surface area (Å²) in [5.74, 6) is -0.301. The number of nitrogens with zero attached hydrogens (tertiary/aromatic N) is 1. The standard InChI is InChI=1S/C24H21FN2/c1-24(18-9-4-2-5-10-18,19-11-6-3-7-12-19)17-27-22-15-16-26-23-20(22)13-8-14-21(23)25/h2-16H,17H2,1H3,(H,26,27). The van der Waals surface area contributed by atoms with Gasteiger partial charge in [0.05, 0.1) is 0 Å². The average Bonchev–Trinajstić information content (AvgIpc) is 2.74. The Bertz CT molecular complexity index is 1010. The van der Waals surface area contributed by atoms with E-state index in [1.54, 1.807) is 12.3 Å². The molecule has 0 atom stereocenters. The number of fused-ring (bicyclic) bond motifs is 1. The summed E-state index contributed by atoms with van der Waals surface area (Å²) in [7, 11) is 0. The molecule has 0 aliphatic heterocycles. The second-order valence-corrected chi connectivity index (χ2v) is 6.91. The third-order valence-electron chi connectivity index (χ3n) is 5.18. The quantitative estimate of drug-likeness (QED) is 0.489. The van der Waals surface area contributed by atoms with Crippen molar-refractivity contribution in [3.05, 3.63) is 108 Å². The van der Waals surface area contributed by atoms with Gasteiger partial charge in [-0.1, -0.05) is 72.8 Å². The molecule has 4 aromatic rings. The molecule has 0 aliphatic carbocycles. The van der Waals surface area contributed by atoms with E-state index in [1.807, 2.05) is 24.3 Å². The largest absolute Gasteiger partial charge is 0.383 e. The van der Waals surface area contributed by atoms with E-state index in [4.69, 9.17) is 0 Å². The fourth-order valence-electron chi connectivity index (χ4n) is 3.55. The molecule has 0 saturated heterocycles. The normalized spacial score (nSPS) is 11.5. The lowest BCUT2D eigenvalue weighted by atomic mass is 9.76. The zero-order valence-corrected chi connectivity index (χ0v) is 15.2. The highest BCUT2D eigenvalue weighted by Gasteiger charge is 2.28. The molecule has 0 saturated carbocycles. The average molecular weight is 356 g/mol. The van der Waals surface area contributed by atoms with E-state index < -0.39 is 0 Å². The first-order valence-electron chi connectivity index (χ1n) is 9.07. The third-order valence-corrected chi connectivity index (χ3v) is 5.18. The van der Waals surface area contributed by atoms with Gasteiger partial charge in [-0.2, -0.15) is 0 Å². The number of aromatic nitrogens is 1. The molecule has 0 aliphatic rings. The molecule has 0 amide bonds. The van der Waals surface area contributed by atoms with Crippen molar-refractivity contribution >= 4 is 16.6 Å². The smallest absolute Gasteiger partial charge is 0.149 e. The zero-order valence-electron chi connectivity index (χ0n) is 15.2. The molecule has 27 heavy (non-hydrogen) atoms. The summed E-state index contributed by atoms with van der Waals surface area (Å²) in [6, 6.07) is 27.9. The minimum absolute atomic E-state index is 0.231. The molecule has 0 fully saturated rings. The van der Waals surface area contributed by atoms with Gasteiger partial charge in [0.2, 0.25) is 0 Å². The van der Waals surface area contributed by atoms with E-state index >= 15 is 0 Å². The lowest BCUT2D eigenvalue weighted by Crippen LogP contribution is -2.32. The van der Waals surface area contributed by atoms with E-state index in [1.165, 1.54) is 17.2 Å². The predicted octanol–water partition coefficient (Wildman–Crippen LogP) is 5.79. The Morgan fingerprint density at radius 1 is 0.815 bits per heavy atom. The van der Waals surface area contributed by atoms with E-state index in [-0.39, 0.29) is 11.2 Å². The lowest BCUT2D eigenvalue weighted by molar-refractivity contribution is 0.604. The predicted molar refractivity (Wildman–Crippen MR) is 110 cm³/mol. The van der Waals surface area contributed by atoms with Crippen molar-refractivity contribution in [1.29, 1.82) is 0 Å². The van der Waals surface area contributed by atoms with Gasteiger partial charge in [-0.15, -0.1) is 0 Å². The highest BCUT2D eigenvalue weighted by Crippen LogP contribution is 2.33. The molecule has 3 heteroatoms. The van der Waals surface area contributed by atoms with Crippen LogP contribution in [0.15, 0.2) is 91.1 Å². The van der Waals surface area contributed by atoms with Gasteiger partial charge < -0.3 is 5.32 Å². The molecule has 134 valence electrons. The zero-order chi connectivity index (χ0) is 18.7. The van der Waals surface area contributed by atoms with Crippen LogP contribution in [0.5, 0.6) is 0 Å². The molecule has 1 aromatic heterocycles. The number of pyridine rings is 1. The van der Waals surface area contributed by atoms with Crippen LogP contribution in [0.3, 0.4) is 0 Å². The third kappa shape index (κ3) is 3.28. The first kappa shape index (κ1) is 17.2. The van der Waals surface area contributed by atoms with E-state index in [9.17, 15) is 4.39 Å². The Morgan fingerprint density at radius 3 is 2.07 bits per heavy atom. The highest BCUT2D eigenvalue weighted by atomic mass is 19.1. The van der Waals surface area contributed by atoms with Crippen molar-refractivity contribution in [3.63, 3.8) is 0 Å². The Balaban J connectivity index is 1.73. The summed E-state index contributed by atoms with van der Waals surface area (Å²) in [5, 5.41) is 4.34. The highest BCUT2D eigenvalue weighted by molar-refractivity contribution is 5.91. The van der Waals surface area contributed by atoms with Crippen LogP contribution in [0.1, 0.15) is 18.1 Å². The molecule has 1 N–H and O–H groups in total. The van der Waals surface area contributed by atoms with Crippen LogP contribution in [0.25, 0.3) is 10.9 Å². The fourth-order valence-corrected chi connectivity index (χ4v) is 3.55. The summed E-state index contributed by atoms with van der Waals surface area (Å²) in [5.41, 5.74) is 3.51. The SMILES string of the molecule is CC(CNc1ccnc2c(F)cccc12)(c1ccccc1)c1ccccc1. The topological polar surface area (TPSA) is 24.9 Å². The van der Waals surface area contributed by atoms with Crippen molar-refractivity contribution in [2.24, 2.45) is 0 Å². The van der Waals surface area contributed by atoms with Crippen LogP contribution in [0, 0.1) is 5.82 Å². The maximum atomic E-state index is 14.1. The van der Waals surface area contributed by atoms with Crippen LogP contribution in [0.2, 0.25) is 0 Å². The van der Waals surface area contributed by atoms with Gasteiger partial charge in [-0.05, 0) is 30.2 Å². The molecule has 2 nitrogen and oxygen atoms in total. The van der Waals surface area contributed by atoms with Gasteiger partial charge in [-0.3, -0.25) is 4.98 Å². The van der Waals surface area contributed by atoms with E-state index in [2.05, 4.69) is 65.8 Å². The van der Waals surface area contributed by atoms with Gasteiger partial charge in [0.25, 0.3) is 0 Å². The number of nitrogens with one attached hydrogen (secondary N) is 1. The first-order valence-corrected chi connectivity index (χ1v) is 9.07. The number of benzene rings is 3.